The predicted molar refractivity (Wildman–Crippen MR) is 66.2 cm³/mol. The summed E-state index contributed by atoms with van der Waals surface area (Å²) in [6, 6.07) is 3.14. The Balaban J connectivity index is 2.60. The molecular weight excluding hydrogens is 238 g/mol. The number of nitrogen functional groups attached to an aromatic ring is 2. The zero-order valence-corrected chi connectivity index (χ0v) is 10.1. The molecular formula is C12H14F2N4. The summed E-state index contributed by atoms with van der Waals surface area (Å²) < 4.78 is 27.6. The number of rotatable bonds is 2. The molecule has 0 saturated heterocycles. The summed E-state index contributed by atoms with van der Waals surface area (Å²) in [5.74, 6) is 5.21. The molecule has 0 aliphatic rings. The smallest absolute Gasteiger partial charge is 0.150 e. The third kappa shape index (κ3) is 2.01. The van der Waals surface area contributed by atoms with Crippen molar-refractivity contribution in [2.45, 2.75) is 19.8 Å². The zero-order chi connectivity index (χ0) is 13.4. The molecule has 4 nitrogen and oxygen atoms in total. The van der Waals surface area contributed by atoms with Crippen LogP contribution >= 0.6 is 0 Å². The van der Waals surface area contributed by atoms with E-state index in [1.165, 1.54) is 16.8 Å². The summed E-state index contributed by atoms with van der Waals surface area (Å²) in [5.41, 5.74) is 6.37. The molecule has 0 radical (unpaired) electrons. The molecule has 0 fully saturated rings. The highest BCUT2D eigenvalue weighted by molar-refractivity contribution is 5.71. The van der Waals surface area contributed by atoms with Crippen molar-refractivity contribution in [1.82, 2.24) is 9.66 Å². The van der Waals surface area contributed by atoms with Gasteiger partial charge in [0.2, 0.25) is 0 Å². The van der Waals surface area contributed by atoms with Gasteiger partial charge in [-0.15, -0.1) is 0 Å². The first-order valence-electron chi connectivity index (χ1n) is 5.49. The highest BCUT2D eigenvalue weighted by Crippen LogP contribution is 2.28. The van der Waals surface area contributed by atoms with E-state index in [-0.39, 0.29) is 17.3 Å². The molecule has 2 aromatic rings. The maximum Gasteiger partial charge on any atom is 0.150 e. The van der Waals surface area contributed by atoms with Gasteiger partial charge in [-0.3, -0.25) is 0 Å². The molecule has 1 aromatic carbocycles. The summed E-state index contributed by atoms with van der Waals surface area (Å²) in [5, 5.41) is 0. The van der Waals surface area contributed by atoms with Crippen LogP contribution in [0.2, 0.25) is 0 Å². The van der Waals surface area contributed by atoms with Gasteiger partial charge in [0.05, 0.1) is 0 Å². The number of aromatic nitrogens is 2. The molecule has 2 rings (SSSR count). The first-order chi connectivity index (χ1) is 8.40. The Kier molecular flexibility index (Phi) is 2.94. The van der Waals surface area contributed by atoms with Crippen LogP contribution in [0.25, 0.3) is 11.3 Å². The maximum absolute atomic E-state index is 13.2. The highest BCUT2D eigenvalue weighted by atomic mass is 19.1. The van der Waals surface area contributed by atoms with Gasteiger partial charge in [0.25, 0.3) is 0 Å². The second-order valence-electron chi connectivity index (χ2n) is 4.39. The van der Waals surface area contributed by atoms with Gasteiger partial charge in [-0.05, 0) is 12.1 Å². The second-order valence-corrected chi connectivity index (χ2v) is 4.39. The van der Waals surface area contributed by atoms with Crippen LogP contribution in [0.4, 0.5) is 14.6 Å². The van der Waals surface area contributed by atoms with Crippen molar-refractivity contribution in [2.75, 3.05) is 11.6 Å². The van der Waals surface area contributed by atoms with Crippen molar-refractivity contribution >= 4 is 5.82 Å². The quantitative estimate of drug-likeness (QED) is 0.805. The molecule has 0 aliphatic carbocycles. The van der Waals surface area contributed by atoms with Gasteiger partial charge in [-0.25, -0.2) is 18.4 Å². The molecule has 0 saturated carbocycles. The van der Waals surface area contributed by atoms with Crippen molar-refractivity contribution in [3.63, 3.8) is 0 Å². The number of nitrogens with zero attached hydrogens (tertiary/aromatic N) is 2. The maximum atomic E-state index is 13.2. The fourth-order valence-corrected chi connectivity index (χ4v) is 1.77. The molecule has 0 bridgehead atoms. The van der Waals surface area contributed by atoms with E-state index >= 15 is 0 Å². The highest BCUT2D eigenvalue weighted by Gasteiger charge is 2.17. The molecule has 0 unspecified atom stereocenters. The third-order valence-electron chi connectivity index (χ3n) is 2.63. The van der Waals surface area contributed by atoms with Gasteiger partial charge in [0.15, 0.2) is 5.82 Å². The number of imidazole rings is 1. The predicted octanol–water partition coefficient (Wildman–Crippen LogP) is 2.25. The first-order valence-corrected chi connectivity index (χ1v) is 5.49. The van der Waals surface area contributed by atoms with E-state index in [4.69, 9.17) is 11.6 Å². The Hall–Kier alpha value is -2.11. The van der Waals surface area contributed by atoms with Gasteiger partial charge in [0.1, 0.15) is 23.2 Å². The number of benzene rings is 1. The Morgan fingerprint density at radius 1 is 1.17 bits per heavy atom. The molecule has 6 heteroatoms. The molecule has 96 valence electrons. The summed E-state index contributed by atoms with van der Waals surface area (Å²) in [4.78, 5) is 4.24. The lowest BCUT2D eigenvalue weighted by atomic mass is 10.1. The Labute approximate surface area is 103 Å². The van der Waals surface area contributed by atoms with E-state index < -0.39 is 11.6 Å². The Bertz CT molecular complexity index is 570. The number of hydrogen-bond acceptors (Lipinski definition) is 3. The normalized spacial score (nSPS) is 11.2. The van der Waals surface area contributed by atoms with Crippen molar-refractivity contribution in [2.24, 2.45) is 0 Å². The van der Waals surface area contributed by atoms with Gasteiger partial charge < -0.3 is 11.6 Å². The lowest BCUT2D eigenvalue weighted by molar-refractivity contribution is 0.584. The minimum atomic E-state index is -0.679. The van der Waals surface area contributed by atoms with E-state index in [0.29, 0.717) is 11.5 Å². The van der Waals surface area contributed by atoms with E-state index in [0.717, 1.165) is 6.07 Å². The Morgan fingerprint density at radius 3 is 2.17 bits per heavy atom. The van der Waals surface area contributed by atoms with Crippen LogP contribution in [0.3, 0.4) is 0 Å². The monoisotopic (exact) mass is 252 g/mol. The summed E-state index contributed by atoms with van der Waals surface area (Å²) in [7, 11) is 0. The van der Waals surface area contributed by atoms with Crippen molar-refractivity contribution in [3.8, 4) is 11.3 Å². The molecule has 1 heterocycles. The van der Waals surface area contributed by atoms with Crippen LogP contribution in [-0.4, -0.2) is 9.66 Å². The lowest BCUT2D eigenvalue weighted by Crippen LogP contribution is -2.16. The first kappa shape index (κ1) is 12.3. The topological polar surface area (TPSA) is 69.9 Å². The molecule has 1 aromatic heterocycles. The van der Waals surface area contributed by atoms with Gasteiger partial charge in [-0.2, -0.15) is 0 Å². The average molecular weight is 252 g/mol. The zero-order valence-electron chi connectivity index (χ0n) is 10.1. The number of hydrogen-bond donors (Lipinski definition) is 2. The van der Waals surface area contributed by atoms with E-state index in [9.17, 15) is 8.78 Å². The molecule has 18 heavy (non-hydrogen) atoms. The van der Waals surface area contributed by atoms with E-state index in [2.05, 4.69) is 4.98 Å². The number of nitrogens with two attached hydrogens (primary N) is 2. The average Bonchev–Trinajstić information content (AvgIpc) is 2.55. The fourth-order valence-electron chi connectivity index (χ4n) is 1.77. The Morgan fingerprint density at radius 2 is 1.72 bits per heavy atom. The standard InChI is InChI=1S/C12H14F2N4/c1-6(2)12-17-10(11(15)18(12)16)7-3-8(13)5-9(14)4-7/h3-6H,15-16H2,1-2H3. The second kappa shape index (κ2) is 4.29. The van der Waals surface area contributed by atoms with Crippen LogP contribution in [0.1, 0.15) is 25.6 Å². The minimum absolute atomic E-state index is 0.0597. The SMILES string of the molecule is CC(C)c1nc(-c2cc(F)cc(F)c2)c(N)n1N. The van der Waals surface area contributed by atoms with E-state index in [1.54, 1.807) is 0 Å². The van der Waals surface area contributed by atoms with Crippen LogP contribution in [-0.2, 0) is 0 Å². The molecule has 4 N–H and O–H groups in total. The number of halogens is 2. The van der Waals surface area contributed by atoms with Crippen molar-refractivity contribution in [1.29, 1.82) is 0 Å². The fraction of sp³-hybridized carbons (Fsp3) is 0.250. The molecule has 0 spiro atoms. The largest absolute Gasteiger partial charge is 0.382 e. The lowest BCUT2D eigenvalue weighted by Gasteiger charge is -2.04. The van der Waals surface area contributed by atoms with Gasteiger partial charge in [-0.1, -0.05) is 13.8 Å². The molecule has 0 aliphatic heterocycles. The minimum Gasteiger partial charge on any atom is -0.382 e. The summed E-state index contributed by atoms with van der Waals surface area (Å²) in [6.07, 6.45) is 0. The van der Waals surface area contributed by atoms with Crippen LogP contribution in [0, 0.1) is 11.6 Å². The van der Waals surface area contributed by atoms with Crippen LogP contribution in [0.15, 0.2) is 18.2 Å². The molecule has 0 amide bonds. The van der Waals surface area contributed by atoms with Gasteiger partial charge in [0, 0.05) is 17.5 Å². The van der Waals surface area contributed by atoms with Crippen molar-refractivity contribution in [3.05, 3.63) is 35.7 Å². The number of anilines is 1. The summed E-state index contributed by atoms with van der Waals surface area (Å²) >= 11 is 0. The van der Waals surface area contributed by atoms with Gasteiger partial charge >= 0.3 is 0 Å². The van der Waals surface area contributed by atoms with Crippen LogP contribution in [0.5, 0.6) is 0 Å². The third-order valence-corrected chi connectivity index (χ3v) is 2.63. The van der Waals surface area contributed by atoms with Crippen LogP contribution < -0.4 is 11.6 Å². The molecule has 0 atom stereocenters. The summed E-state index contributed by atoms with van der Waals surface area (Å²) in [6.45, 7) is 3.81. The van der Waals surface area contributed by atoms with Crippen molar-refractivity contribution < 1.29 is 8.78 Å². The van der Waals surface area contributed by atoms with E-state index in [1.807, 2.05) is 13.8 Å².